The normalized spacial score (nSPS) is 10.5. The monoisotopic (exact) mass is 342 g/mol. The molecule has 0 fully saturated rings. The van der Waals surface area contributed by atoms with Crippen LogP contribution in [0.15, 0.2) is 54.6 Å². The number of halogens is 2. The van der Waals surface area contributed by atoms with Gasteiger partial charge in [0.05, 0.1) is 0 Å². The van der Waals surface area contributed by atoms with E-state index in [0.29, 0.717) is 29.0 Å². The molecule has 0 aliphatic heterocycles. The second-order valence-electron chi connectivity index (χ2n) is 5.30. The van der Waals surface area contributed by atoms with Gasteiger partial charge in [0.1, 0.15) is 11.6 Å². The summed E-state index contributed by atoms with van der Waals surface area (Å²) >= 11 is 6.15. The van der Waals surface area contributed by atoms with Crippen LogP contribution in [0.3, 0.4) is 0 Å². The molecule has 0 atom stereocenters. The predicted octanol–water partition coefficient (Wildman–Crippen LogP) is 4.93. The number of rotatable bonds is 5. The van der Waals surface area contributed by atoms with Gasteiger partial charge in [-0.3, -0.25) is 0 Å². The van der Waals surface area contributed by atoms with E-state index < -0.39 is 0 Å². The topological polar surface area (TPSA) is 49.8 Å². The summed E-state index contributed by atoms with van der Waals surface area (Å²) in [6.45, 7) is 2.39. The zero-order chi connectivity index (χ0) is 16.9. The highest BCUT2D eigenvalue weighted by Crippen LogP contribution is 2.19. The van der Waals surface area contributed by atoms with E-state index in [0.717, 1.165) is 11.3 Å². The quantitative estimate of drug-likeness (QED) is 0.690. The summed E-state index contributed by atoms with van der Waals surface area (Å²) < 4.78 is 13.3. The summed E-state index contributed by atoms with van der Waals surface area (Å²) in [6.07, 6.45) is 0. The third-order valence-corrected chi connectivity index (χ3v) is 3.71. The summed E-state index contributed by atoms with van der Waals surface area (Å²) in [5.74, 6) is 0.770. The van der Waals surface area contributed by atoms with Crippen LogP contribution in [0.2, 0.25) is 5.02 Å². The van der Waals surface area contributed by atoms with Crippen molar-refractivity contribution in [2.45, 2.75) is 13.5 Å². The zero-order valence-electron chi connectivity index (χ0n) is 13.1. The molecule has 4 nitrogen and oxygen atoms in total. The van der Waals surface area contributed by atoms with Gasteiger partial charge >= 0.3 is 0 Å². The van der Waals surface area contributed by atoms with E-state index in [9.17, 15) is 4.39 Å². The zero-order valence-corrected chi connectivity index (χ0v) is 13.8. The van der Waals surface area contributed by atoms with E-state index in [1.807, 2.05) is 31.2 Å². The number of hydrogen-bond acceptors (Lipinski definition) is 4. The van der Waals surface area contributed by atoms with Gasteiger partial charge in [-0.1, -0.05) is 35.9 Å². The maximum atomic E-state index is 13.3. The van der Waals surface area contributed by atoms with E-state index in [2.05, 4.69) is 20.6 Å². The fraction of sp³-hybridized carbons (Fsp3) is 0.111. The van der Waals surface area contributed by atoms with Crippen LogP contribution in [-0.2, 0) is 6.54 Å². The van der Waals surface area contributed by atoms with Crippen LogP contribution >= 0.6 is 11.6 Å². The number of hydrogen-bond donors (Lipinski definition) is 2. The summed E-state index contributed by atoms with van der Waals surface area (Å²) in [5.41, 5.74) is 2.39. The lowest BCUT2D eigenvalue weighted by Gasteiger charge is -2.10. The second kappa shape index (κ2) is 7.27. The van der Waals surface area contributed by atoms with Crippen LogP contribution in [0.1, 0.15) is 11.3 Å². The number of anilines is 3. The Labute approximate surface area is 144 Å². The minimum absolute atomic E-state index is 0.303. The molecule has 6 heteroatoms. The maximum Gasteiger partial charge on any atom is 0.225 e. The van der Waals surface area contributed by atoms with E-state index in [4.69, 9.17) is 11.6 Å². The summed E-state index contributed by atoms with van der Waals surface area (Å²) in [6, 6.07) is 15.6. The van der Waals surface area contributed by atoms with Crippen molar-refractivity contribution in [3.05, 3.63) is 76.7 Å². The van der Waals surface area contributed by atoms with Gasteiger partial charge in [-0.2, -0.15) is 4.98 Å². The molecular formula is C18H16ClFN4. The third kappa shape index (κ3) is 4.20. The van der Waals surface area contributed by atoms with Crippen LogP contribution in [0.4, 0.5) is 21.8 Å². The summed E-state index contributed by atoms with van der Waals surface area (Å²) in [5, 5.41) is 6.93. The fourth-order valence-corrected chi connectivity index (χ4v) is 2.44. The Balaban J connectivity index is 1.75. The number of benzene rings is 2. The lowest BCUT2D eigenvalue weighted by Crippen LogP contribution is -2.06. The number of nitrogens with zero attached hydrogens (tertiary/aromatic N) is 2. The van der Waals surface area contributed by atoms with Gasteiger partial charge in [-0.15, -0.1) is 0 Å². The Bertz CT molecular complexity index is 854. The maximum absolute atomic E-state index is 13.3. The van der Waals surface area contributed by atoms with E-state index >= 15 is 0 Å². The molecule has 0 aliphatic rings. The lowest BCUT2D eigenvalue weighted by molar-refractivity contribution is 0.628. The minimum atomic E-state index is -0.303. The Morgan fingerprint density at radius 2 is 1.88 bits per heavy atom. The van der Waals surface area contributed by atoms with Gasteiger partial charge < -0.3 is 10.6 Å². The van der Waals surface area contributed by atoms with E-state index in [1.54, 1.807) is 18.2 Å². The van der Waals surface area contributed by atoms with Crippen molar-refractivity contribution in [1.29, 1.82) is 0 Å². The standard InChI is InChI=1S/C18H16ClFN4/c1-12-9-17(23-15-7-4-6-14(20)10-15)24-18(22-12)21-11-13-5-2-3-8-16(13)19/h2-10H,11H2,1H3,(H2,21,22,23,24). The van der Waals surface area contributed by atoms with Crippen molar-refractivity contribution in [2.75, 3.05) is 10.6 Å². The lowest BCUT2D eigenvalue weighted by atomic mass is 10.2. The van der Waals surface area contributed by atoms with Gasteiger partial charge in [0.15, 0.2) is 0 Å². The highest BCUT2D eigenvalue weighted by molar-refractivity contribution is 6.31. The largest absolute Gasteiger partial charge is 0.350 e. The molecule has 3 aromatic rings. The molecule has 0 bridgehead atoms. The molecule has 0 saturated carbocycles. The average molecular weight is 343 g/mol. The van der Waals surface area contributed by atoms with Crippen LogP contribution in [0.5, 0.6) is 0 Å². The van der Waals surface area contributed by atoms with Gasteiger partial charge in [0.25, 0.3) is 0 Å². The Morgan fingerprint density at radius 1 is 1.04 bits per heavy atom. The molecule has 0 radical (unpaired) electrons. The first-order valence-corrected chi connectivity index (χ1v) is 7.83. The Morgan fingerprint density at radius 3 is 2.67 bits per heavy atom. The molecule has 0 saturated heterocycles. The summed E-state index contributed by atoms with van der Waals surface area (Å²) in [7, 11) is 0. The molecular weight excluding hydrogens is 327 g/mol. The van der Waals surface area contributed by atoms with Crippen LogP contribution in [0.25, 0.3) is 0 Å². The highest BCUT2D eigenvalue weighted by Gasteiger charge is 2.05. The Kier molecular flexibility index (Phi) is 4.91. The molecule has 0 unspecified atom stereocenters. The number of nitrogens with one attached hydrogen (secondary N) is 2. The molecule has 1 heterocycles. The molecule has 2 aromatic carbocycles. The van der Waals surface area contributed by atoms with Crippen molar-refractivity contribution in [1.82, 2.24) is 9.97 Å². The van der Waals surface area contributed by atoms with Crippen molar-refractivity contribution in [3.63, 3.8) is 0 Å². The molecule has 0 aliphatic carbocycles. The van der Waals surface area contributed by atoms with Crippen molar-refractivity contribution < 1.29 is 4.39 Å². The van der Waals surface area contributed by atoms with Crippen molar-refractivity contribution in [3.8, 4) is 0 Å². The molecule has 122 valence electrons. The van der Waals surface area contributed by atoms with Crippen LogP contribution in [-0.4, -0.2) is 9.97 Å². The van der Waals surface area contributed by atoms with E-state index in [-0.39, 0.29) is 5.82 Å². The van der Waals surface area contributed by atoms with Crippen molar-refractivity contribution >= 4 is 29.1 Å². The smallest absolute Gasteiger partial charge is 0.225 e. The van der Waals surface area contributed by atoms with Crippen LogP contribution in [0, 0.1) is 12.7 Å². The van der Waals surface area contributed by atoms with E-state index in [1.165, 1.54) is 12.1 Å². The molecule has 24 heavy (non-hydrogen) atoms. The molecule has 1 aromatic heterocycles. The molecule has 0 amide bonds. The minimum Gasteiger partial charge on any atom is -0.350 e. The number of aromatic nitrogens is 2. The van der Waals surface area contributed by atoms with Crippen LogP contribution < -0.4 is 10.6 Å². The SMILES string of the molecule is Cc1cc(Nc2cccc(F)c2)nc(NCc2ccccc2Cl)n1. The second-order valence-corrected chi connectivity index (χ2v) is 5.71. The number of aryl methyl sites for hydroxylation is 1. The first-order valence-electron chi connectivity index (χ1n) is 7.46. The van der Waals surface area contributed by atoms with Gasteiger partial charge in [-0.05, 0) is 36.8 Å². The first kappa shape index (κ1) is 16.2. The highest BCUT2D eigenvalue weighted by atomic mass is 35.5. The first-order chi connectivity index (χ1) is 11.6. The Hall–Kier alpha value is -2.66. The van der Waals surface area contributed by atoms with Gasteiger partial charge in [0, 0.05) is 29.0 Å². The summed E-state index contributed by atoms with van der Waals surface area (Å²) in [4.78, 5) is 8.76. The molecule has 2 N–H and O–H groups in total. The van der Waals surface area contributed by atoms with Gasteiger partial charge in [-0.25, -0.2) is 9.37 Å². The average Bonchev–Trinajstić information content (AvgIpc) is 2.53. The molecule has 3 rings (SSSR count). The van der Waals surface area contributed by atoms with Crippen molar-refractivity contribution in [2.24, 2.45) is 0 Å². The molecule has 0 spiro atoms. The third-order valence-electron chi connectivity index (χ3n) is 3.35. The fourth-order valence-electron chi connectivity index (χ4n) is 2.24. The van der Waals surface area contributed by atoms with Gasteiger partial charge in [0.2, 0.25) is 5.95 Å². The predicted molar refractivity (Wildman–Crippen MR) is 95.2 cm³/mol.